The smallest absolute Gasteiger partial charge is 0.212 e. The van der Waals surface area contributed by atoms with Gasteiger partial charge in [0.15, 0.2) is 0 Å². The quantitative estimate of drug-likeness (QED) is 0.723. The molecule has 0 amide bonds. The van der Waals surface area contributed by atoms with Crippen LogP contribution in [0.15, 0.2) is 36.5 Å². The number of nitrogens with zero attached hydrogens (tertiary/aromatic N) is 2. The number of benzene rings is 1. The highest BCUT2D eigenvalue weighted by atomic mass is 32.1. The molecule has 0 radical (unpaired) electrons. The van der Waals surface area contributed by atoms with Crippen LogP contribution in [0.5, 0.6) is 5.88 Å². The number of ether oxygens (including phenoxy) is 1. The summed E-state index contributed by atoms with van der Waals surface area (Å²) in [5.74, 6) is 0.623. The zero-order valence-corrected chi connectivity index (χ0v) is 11.7. The second kappa shape index (κ2) is 4.97. The highest BCUT2D eigenvalue weighted by Gasteiger charge is 2.07. The Morgan fingerprint density at radius 1 is 1.21 bits per heavy atom. The van der Waals surface area contributed by atoms with Gasteiger partial charge >= 0.3 is 0 Å². The summed E-state index contributed by atoms with van der Waals surface area (Å²) in [5.41, 5.74) is 3.42. The molecule has 0 unspecified atom stereocenters. The first-order valence-corrected chi connectivity index (χ1v) is 7.01. The van der Waals surface area contributed by atoms with E-state index in [9.17, 15) is 0 Å². The average molecular weight is 270 g/mol. The van der Waals surface area contributed by atoms with E-state index in [1.807, 2.05) is 12.1 Å². The Hall–Kier alpha value is -1.94. The fourth-order valence-electron chi connectivity index (χ4n) is 1.94. The maximum Gasteiger partial charge on any atom is 0.212 e. The SMILES string of the molecule is CCc1ccc2nc(-c3ccc(OC)nc3)sc2c1. The van der Waals surface area contributed by atoms with E-state index in [0.717, 1.165) is 22.5 Å². The summed E-state index contributed by atoms with van der Waals surface area (Å²) in [7, 11) is 1.62. The van der Waals surface area contributed by atoms with Crippen molar-refractivity contribution in [2.24, 2.45) is 0 Å². The minimum Gasteiger partial charge on any atom is -0.481 e. The lowest BCUT2D eigenvalue weighted by atomic mass is 10.2. The van der Waals surface area contributed by atoms with Gasteiger partial charge in [0.1, 0.15) is 5.01 Å². The maximum absolute atomic E-state index is 5.07. The van der Waals surface area contributed by atoms with Gasteiger partial charge in [-0.15, -0.1) is 11.3 Å². The molecule has 0 spiro atoms. The fraction of sp³-hybridized carbons (Fsp3) is 0.200. The van der Waals surface area contributed by atoms with Crippen LogP contribution < -0.4 is 4.74 Å². The van der Waals surface area contributed by atoms with Crippen LogP contribution in [0.4, 0.5) is 0 Å². The first kappa shape index (κ1) is 12.1. The molecular weight excluding hydrogens is 256 g/mol. The van der Waals surface area contributed by atoms with Gasteiger partial charge in [-0.2, -0.15) is 0 Å². The third kappa shape index (κ3) is 2.31. The van der Waals surface area contributed by atoms with Crippen LogP contribution in [0.2, 0.25) is 0 Å². The molecule has 0 N–H and O–H groups in total. The van der Waals surface area contributed by atoms with Crippen molar-refractivity contribution in [1.82, 2.24) is 9.97 Å². The molecule has 19 heavy (non-hydrogen) atoms. The van der Waals surface area contributed by atoms with Gasteiger partial charge in [-0.05, 0) is 30.2 Å². The lowest BCUT2D eigenvalue weighted by Gasteiger charge is -1.98. The lowest BCUT2D eigenvalue weighted by Crippen LogP contribution is -1.86. The van der Waals surface area contributed by atoms with Crippen LogP contribution >= 0.6 is 11.3 Å². The number of aryl methyl sites for hydroxylation is 1. The topological polar surface area (TPSA) is 35.0 Å². The molecular formula is C15H14N2OS. The Balaban J connectivity index is 2.04. The van der Waals surface area contributed by atoms with E-state index in [2.05, 4.69) is 35.1 Å². The number of aromatic nitrogens is 2. The van der Waals surface area contributed by atoms with E-state index < -0.39 is 0 Å². The Kier molecular flexibility index (Phi) is 3.17. The Labute approximate surface area is 115 Å². The molecule has 96 valence electrons. The van der Waals surface area contributed by atoms with E-state index in [1.54, 1.807) is 24.6 Å². The molecule has 2 heterocycles. The predicted octanol–water partition coefficient (Wildman–Crippen LogP) is 3.93. The van der Waals surface area contributed by atoms with Crippen molar-refractivity contribution in [2.75, 3.05) is 7.11 Å². The number of hydrogen-bond acceptors (Lipinski definition) is 4. The molecule has 3 nitrogen and oxygen atoms in total. The highest BCUT2D eigenvalue weighted by molar-refractivity contribution is 7.21. The first-order valence-electron chi connectivity index (χ1n) is 6.20. The normalized spacial score (nSPS) is 10.8. The van der Waals surface area contributed by atoms with Gasteiger partial charge in [-0.3, -0.25) is 0 Å². The summed E-state index contributed by atoms with van der Waals surface area (Å²) in [6.45, 7) is 2.16. The van der Waals surface area contributed by atoms with Crippen LogP contribution in [0, 0.1) is 0 Å². The molecule has 0 aliphatic rings. The van der Waals surface area contributed by atoms with E-state index in [-0.39, 0.29) is 0 Å². The summed E-state index contributed by atoms with van der Waals surface area (Å²) in [5, 5.41) is 0.999. The van der Waals surface area contributed by atoms with Gasteiger partial charge in [-0.1, -0.05) is 13.0 Å². The maximum atomic E-state index is 5.07. The second-order valence-corrected chi connectivity index (χ2v) is 5.29. The number of hydrogen-bond donors (Lipinski definition) is 0. The van der Waals surface area contributed by atoms with Gasteiger partial charge in [-0.25, -0.2) is 9.97 Å². The summed E-state index contributed by atoms with van der Waals surface area (Å²) in [6, 6.07) is 10.3. The molecule has 0 saturated carbocycles. The summed E-state index contributed by atoms with van der Waals surface area (Å²) in [6.07, 6.45) is 2.85. The summed E-state index contributed by atoms with van der Waals surface area (Å²) < 4.78 is 6.29. The van der Waals surface area contributed by atoms with E-state index in [0.29, 0.717) is 5.88 Å². The second-order valence-electron chi connectivity index (χ2n) is 4.26. The van der Waals surface area contributed by atoms with Crippen molar-refractivity contribution in [3.63, 3.8) is 0 Å². The summed E-state index contributed by atoms with van der Waals surface area (Å²) in [4.78, 5) is 8.87. The molecule has 0 aliphatic heterocycles. The first-order chi connectivity index (χ1) is 9.30. The lowest BCUT2D eigenvalue weighted by molar-refractivity contribution is 0.398. The van der Waals surface area contributed by atoms with Crippen molar-refractivity contribution in [2.45, 2.75) is 13.3 Å². The minimum atomic E-state index is 0.623. The molecule has 0 aliphatic carbocycles. The largest absolute Gasteiger partial charge is 0.481 e. The zero-order chi connectivity index (χ0) is 13.2. The van der Waals surface area contributed by atoms with Gasteiger partial charge in [0.05, 0.1) is 17.3 Å². The molecule has 2 aromatic heterocycles. The van der Waals surface area contributed by atoms with Crippen molar-refractivity contribution >= 4 is 21.6 Å². The standard InChI is InChI=1S/C15H14N2OS/c1-3-10-4-6-12-13(8-10)19-15(17-12)11-5-7-14(18-2)16-9-11/h4-9H,3H2,1-2H3. The van der Waals surface area contributed by atoms with E-state index >= 15 is 0 Å². The van der Waals surface area contributed by atoms with E-state index in [4.69, 9.17) is 4.74 Å². The zero-order valence-electron chi connectivity index (χ0n) is 10.9. The molecule has 0 fully saturated rings. The van der Waals surface area contributed by atoms with Gasteiger partial charge in [0, 0.05) is 17.8 Å². The summed E-state index contributed by atoms with van der Waals surface area (Å²) >= 11 is 1.70. The van der Waals surface area contributed by atoms with Crippen molar-refractivity contribution < 1.29 is 4.74 Å². The Morgan fingerprint density at radius 3 is 2.79 bits per heavy atom. The monoisotopic (exact) mass is 270 g/mol. The van der Waals surface area contributed by atoms with Crippen LogP contribution in [-0.2, 0) is 6.42 Å². The van der Waals surface area contributed by atoms with Gasteiger partial charge in [0.2, 0.25) is 5.88 Å². The number of rotatable bonds is 3. The van der Waals surface area contributed by atoms with Crippen molar-refractivity contribution in [3.8, 4) is 16.5 Å². The molecule has 0 saturated heterocycles. The minimum absolute atomic E-state index is 0.623. The molecule has 3 aromatic rings. The number of fused-ring (bicyclic) bond motifs is 1. The van der Waals surface area contributed by atoms with E-state index in [1.165, 1.54) is 10.3 Å². The number of thiazole rings is 1. The van der Waals surface area contributed by atoms with Crippen LogP contribution in [0.25, 0.3) is 20.8 Å². The fourth-order valence-corrected chi connectivity index (χ4v) is 2.96. The van der Waals surface area contributed by atoms with Crippen LogP contribution in [-0.4, -0.2) is 17.1 Å². The van der Waals surface area contributed by atoms with Crippen molar-refractivity contribution in [3.05, 3.63) is 42.1 Å². The molecule has 4 heteroatoms. The van der Waals surface area contributed by atoms with Gasteiger partial charge in [0.25, 0.3) is 0 Å². The van der Waals surface area contributed by atoms with Crippen LogP contribution in [0.1, 0.15) is 12.5 Å². The molecule has 0 bridgehead atoms. The number of pyridine rings is 1. The van der Waals surface area contributed by atoms with Crippen molar-refractivity contribution in [1.29, 1.82) is 0 Å². The third-order valence-corrected chi connectivity index (χ3v) is 4.12. The predicted molar refractivity (Wildman–Crippen MR) is 78.8 cm³/mol. The Bertz CT molecular complexity index is 704. The third-order valence-electron chi connectivity index (χ3n) is 3.05. The average Bonchev–Trinajstić information content (AvgIpc) is 2.90. The Morgan fingerprint density at radius 2 is 2.11 bits per heavy atom. The van der Waals surface area contributed by atoms with Gasteiger partial charge < -0.3 is 4.74 Å². The molecule has 0 atom stereocenters. The number of methoxy groups -OCH3 is 1. The van der Waals surface area contributed by atoms with Crippen LogP contribution in [0.3, 0.4) is 0 Å². The highest BCUT2D eigenvalue weighted by Crippen LogP contribution is 2.30. The molecule has 1 aromatic carbocycles. The molecule has 3 rings (SSSR count).